The van der Waals surface area contributed by atoms with E-state index in [1.54, 1.807) is 0 Å². The van der Waals surface area contributed by atoms with Crippen molar-refractivity contribution in [2.75, 3.05) is 13.1 Å². The molecular formula is C15H29N7O6. The van der Waals surface area contributed by atoms with Gasteiger partial charge in [0, 0.05) is 6.54 Å². The fraction of sp³-hybridized carbons (Fsp3) is 0.667. The van der Waals surface area contributed by atoms with Gasteiger partial charge in [-0.05, 0) is 26.7 Å². The van der Waals surface area contributed by atoms with Crippen molar-refractivity contribution in [3.8, 4) is 0 Å². The summed E-state index contributed by atoms with van der Waals surface area (Å²) < 4.78 is 0. The minimum absolute atomic E-state index is 0.0781. The molecule has 0 rings (SSSR count). The van der Waals surface area contributed by atoms with Gasteiger partial charge in [0.1, 0.15) is 12.1 Å². The number of aliphatic hydroxyl groups excluding tert-OH is 1. The number of nitrogens with two attached hydrogens (primary N) is 3. The lowest BCUT2D eigenvalue weighted by atomic mass is 10.1. The van der Waals surface area contributed by atoms with Crippen molar-refractivity contribution in [3.05, 3.63) is 0 Å². The van der Waals surface area contributed by atoms with Crippen LogP contribution in [-0.2, 0) is 19.2 Å². The average Bonchev–Trinajstić information content (AvgIpc) is 2.60. The third-order valence-corrected chi connectivity index (χ3v) is 3.54. The Morgan fingerprint density at radius 1 is 1.07 bits per heavy atom. The molecule has 0 radical (unpaired) electrons. The Morgan fingerprint density at radius 3 is 2.18 bits per heavy atom. The first kappa shape index (κ1) is 25.1. The molecule has 13 nitrogen and oxygen atoms in total. The van der Waals surface area contributed by atoms with Crippen LogP contribution < -0.4 is 33.2 Å². The molecule has 0 saturated heterocycles. The van der Waals surface area contributed by atoms with Gasteiger partial charge < -0.3 is 43.4 Å². The number of hydrogen-bond donors (Lipinski definition) is 8. The quantitative estimate of drug-likeness (QED) is 0.0897. The number of nitrogens with one attached hydrogen (secondary N) is 3. The zero-order chi connectivity index (χ0) is 21.9. The summed E-state index contributed by atoms with van der Waals surface area (Å²) in [6.07, 6.45) is -0.592. The van der Waals surface area contributed by atoms with E-state index in [0.717, 1.165) is 0 Å². The molecule has 11 N–H and O–H groups in total. The fourth-order valence-corrected chi connectivity index (χ4v) is 1.95. The van der Waals surface area contributed by atoms with Crippen molar-refractivity contribution in [3.63, 3.8) is 0 Å². The number of aliphatic hydroxyl groups is 1. The number of carbonyl (C=O) groups excluding carboxylic acids is 3. The van der Waals surface area contributed by atoms with E-state index < -0.39 is 54.5 Å². The predicted octanol–water partition coefficient (Wildman–Crippen LogP) is -4.06. The van der Waals surface area contributed by atoms with Crippen LogP contribution in [0.25, 0.3) is 0 Å². The molecular weight excluding hydrogens is 374 g/mol. The van der Waals surface area contributed by atoms with Gasteiger partial charge in [0.05, 0.1) is 18.7 Å². The van der Waals surface area contributed by atoms with Crippen molar-refractivity contribution in [2.45, 2.75) is 50.9 Å². The summed E-state index contributed by atoms with van der Waals surface area (Å²) in [5, 5.41) is 25.1. The van der Waals surface area contributed by atoms with Gasteiger partial charge in [-0.3, -0.25) is 24.2 Å². The minimum atomic E-state index is -1.35. The van der Waals surface area contributed by atoms with Crippen LogP contribution in [0.4, 0.5) is 0 Å². The summed E-state index contributed by atoms with van der Waals surface area (Å²) in [6, 6.07) is -3.43. The van der Waals surface area contributed by atoms with Crippen LogP contribution in [0.5, 0.6) is 0 Å². The van der Waals surface area contributed by atoms with Crippen LogP contribution in [0.2, 0.25) is 0 Å². The normalized spacial score (nSPS) is 14.7. The molecule has 13 heteroatoms. The second kappa shape index (κ2) is 12.5. The van der Waals surface area contributed by atoms with E-state index in [4.69, 9.17) is 22.3 Å². The van der Waals surface area contributed by atoms with Gasteiger partial charge in [0.15, 0.2) is 5.96 Å². The molecule has 4 atom stereocenters. The van der Waals surface area contributed by atoms with Crippen molar-refractivity contribution in [2.24, 2.45) is 22.2 Å². The monoisotopic (exact) mass is 403 g/mol. The van der Waals surface area contributed by atoms with E-state index in [1.165, 1.54) is 13.8 Å². The molecule has 28 heavy (non-hydrogen) atoms. The highest BCUT2D eigenvalue weighted by Gasteiger charge is 2.28. The lowest BCUT2D eigenvalue weighted by molar-refractivity contribution is -0.141. The number of hydrogen-bond acceptors (Lipinski definition) is 7. The first-order valence-corrected chi connectivity index (χ1v) is 8.55. The third kappa shape index (κ3) is 10.3. The molecule has 0 saturated carbocycles. The fourth-order valence-electron chi connectivity index (χ4n) is 1.95. The summed E-state index contributed by atoms with van der Waals surface area (Å²) in [7, 11) is 0. The molecule has 0 aliphatic heterocycles. The SMILES string of the molecule is CC(NC(=O)CNC(=O)C(NC(=O)C(N)CCCN=C(N)N)C(C)O)C(=O)O. The van der Waals surface area contributed by atoms with E-state index in [1.807, 2.05) is 0 Å². The van der Waals surface area contributed by atoms with Crippen LogP contribution in [-0.4, -0.2) is 77.2 Å². The Bertz CT molecular complexity index is 591. The molecule has 3 amide bonds. The summed E-state index contributed by atoms with van der Waals surface area (Å²) in [4.78, 5) is 50.2. The Kier molecular flexibility index (Phi) is 11.2. The van der Waals surface area contributed by atoms with E-state index >= 15 is 0 Å². The molecule has 0 aliphatic rings. The maximum Gasteiger partial charge on any atom is 0.325 e. The first-order chi connectivity index (χ1) is 13.0. The zero-order valence-electron chi connectivity index (χ0n) is 15.8. The van der Waals surface area contributed by atoms with Crippen LogP contribution >= 0.6 is 0 Å². The number of carboxylic acids is 1. The second-order valence-electron chi connectivity index (χ2n) is 6.13. The minimum Gasteiger partial charge on any atom is -0.480 e. The summed E-state index contributed by atoms with van der Waals surface area (Å²) in [5.74, 6) is -3.55. The predicted molar refractivity (Wildman–Crippen MR) is 99.7 cm³/mol. The number of carbonyl (C=O) groups is 4. The van der Waals surface area contributed by atoms with Crippen LogP contribution in [0, 0.1) is 0 Å². The standard InChI is InChI=1S/C15H29N7O6/c1-7(14(27)28)21-10(24)6-20-13(26)11(8(2)23)22-12(25)9(16)4-3-5-19-15(17)18/h7-9,11,23H,3-6,16H2,1-2H3,(H,20,26)(H,21,24)(H,22,25)(H,27,28)(H4,17,18,19). The van der Waals surface area contributed by atoms with Gasteiger partial charge in [0.25, 0.3) is 0 Å². The smallest absolute Gasteiger partial charge is 0.325 e. The van der Waals surface area contributed by atoms with Gasteiger partial charge in [0.2, 0.25) is 17.7 Å². The maximum absolute atomic E-state index is 12.1. The summed E-state index contributed by atoms with van der Waals surface area (Å²) >= 11 is 0. The van der Waals surface area contributed by atoms with Gasteiger partial charge in [-0.1, -0.05) is 0 Å². The van der Waals surface area contributed by atoms with Crippen LogP contribution in [0.3, 0.4) is 0 Å². The van der Waals surface area contributed by atoms with E-state index in [9.17, 15) is 24.3 Å². The maximum atomic E-state index is 12.1. The average molecular weight is 403 g/mol. The third-order valence-electron chi connectivity index (χ3n) is 3.54. The largest absolute Gasteiger partial charge is 0.480 e. The Labute approximate surface area is 162 Å². The first-order valence-electron chi connectivity index (χ1n) is 8.55. The van der Waals surface area contributed by atoms with E-state index in [2.05, 4.69) is 20.9 Å². The van der Waals surface area contributed by atoms with E-state index in [0.29, 0.717) is 6.42 Å². The van der Waals surface area contributed by atoms with Gasteiger partial charge in [-0.15, -0.1) is 0 Å². The Balaban J connectivity index is 4.57. The molecule has 0 heterocycles. The van der Waals surface area contributed by atoms with Crippen molar-refractivity contribution >= 4 is 29.7 Å². The van der Waals surface area contributed by atoms with Crippen molar-refractivity contribution in [1.82, 2.24) is 16.0 Å². The highest BCUT2D eigenvalue weighted by molar-refractivity contribution is 5.92. The molecule has 0 fully saturated rings. The molecule has 0 aromatic heterocycles. The van der Waals surface area contributed by atoms with Crippen LogP contribution in [0.15, 0.2) is 4.99 Å². The number of guanidine groups is 1. The number of carboxylic acid groups (broad SMARTS) is 1. The number of amides is 3. The van der Waals surface area contributed by atoms with Crippen molar-refractivity contribution in [1.29, 1.82) is 0 Å². The summed E-state index contributed by atoms with van der Waals surface area (Å²) in [5.41, 5.74) is 16.1. The molecule has 0 aromatic carbocycles. The number of aliphatic imine (C=N–C) groups is 1. The van der Waals surface area contributed by atoms with Gasteiger partial charge >= 0.3 is 5.97 Å². The number of nitrogens with zero attached hydrogens (tertiary/aromatic N) is 1. The zero-order valence-corrected chi connectivity index (χ0v) is 15.8. The highest BCUT2D eigenvalue weighted by Crippen LogP contribution is 1.99. The highest BCUT2D eigenvalue weighted by atomic mass is 16.4. The second-order valence-corrected chi connectivity index (χ2v) is 6.13. The molecule has 4 unspecified atom stereocenters. The lowest BCUT2D eigenvalue weighted by Crippen LogP contribution is -2.57. The van der Waals surface area contributed by atoms with Gasteiger partial charge in [-0.25, -0.2) is 0 Å². The lowest BCUT2D eigenvalue weighted by Gasteiger charge is -2.22. The number of aliphatic carboxylic acids is 1. The molecule has 0 aliphatic carbocycles. The number of rotatable bonds is 12. The molecule has 0 aromatic rings. The van der Waals surface area contributed by atoms with E-state index in [-0.39, 0.29) is 18.9 Å². The Morgan fingerprint density at radius 2 is 1.68 bits per heavy atom. The van der Waals surface area contributed by atoms with Crippen LogP contribution in [0.1, 0.15) is 26.7 Å². The molecule has 0 spiro atoms. The molecule has 160 valence electrons. The summed E-state index contributed by atoms with van der Waals surface area (Å²) in [6.45, 7) is 2.30. The Hall–Kier alpha value is -2.93. The molecule has 0 bridgehead atoms. The topological polar surface area (TPSA) is 235 Å². The van der Waals surface area contributed by atoms with Gasteiger partial charge in [-0.2, -0.15) is 0 Å². The van der Waals surface area contributed by atoms with Crippen molar-refractivity contribution < 1.29 is 29.4 Å².